The van der Waals surface area contributed by atoms with Gasteiger partial charge < -0.3 is 9.73 Å². The number of oxazole rings is 1. The highest BCUT2D eigenvalue weighted by Gasteiger charge is 2.12. The number of carbonyl (C=O) groups excluding carboxylic acids is 1. The summed E-state index contributed by atoms with van der Waals surface area (Å²) in [5.41, 5.74) is 2.38. The van der Waals surface area contributed by atoms with E-state index in [0.29, 0.717) is 21.8 Å². The van der Waals surface area contributed by atoms with Crippen LogP contribution in [0, 0.1) is 0 Å². The highest BCUT2D eigenvalue weighted by atomic mass is 35.5. The Morgan fingerprint density at radius 1 is 1.19 bits per heavy atom. The van der Waals surface area contributed by atoms with Crippen molar-refractivity contribution in [1.29, 1.82) is 0 Å². The van der Waals surface area contributed by atoms with E-state index in [0.717, 1.165) is 10.9 Å². The fourth-order valence-corrected chi connectivity index (χ4v) is 3.05. The summed E-state index contributed by atoms with van der Waals surface area (Å²) in [6.45, 7) is 0.206. The van der Waals surface area contributed by atoms with Crippen molar-refractivity contribution in [3.8, 4) is 0 Å². The Morgan fingerprint density at radius 2 is 2.04 bits per heavy atom. The van der Waals surface area contributed by atoms with E-state index in [9.17, 15) is 9.59 Å². The van der Waals surface area contributed by atoms with Gasteiger partial charge in [0.1, 0.15) is 0 Å². The molecule has 2 heterocycles. The maximum Gasteiger partial charge on any atom is 0.419 e. The predicted octanol–water partition coefficient (Wildman–Crippen LogP) is 3.82. The van der Waals surface area contributed by atoms with Crippen LogP contribution in [0.15, 0.2) is 63.9 Å². The second-order valence-electron chi connectivity index (χ2n) is 5.81. The number of halogens is 1. The zero-order valence-electron chi connectivity index (χ0n) is 13.6. The van der Waals surface area contributed by atoms with Crippen LogP contribution in [0.5, 0.6) is 0 Å². The molecule has 26 heavy (non-hydrogen) atoms. The molecule has 4 aromatic rings. The van der Waals surface area contributed by atoms with E-state index in [1.807, 2.05) is 24.3 Å². The number of benzene rings is 2. The number of para-hydroxylation sites is 1. The van der Waals surface area contributed by atoms with Gasteiger partial charge in [-0.1, -0.05) is 29.8 Å². The molecule has 0 atom stereocenters. The van der Waals surface area contributed by atoms with Gasteiger partial charge in [-0.25, -0.2) is 4.79 Å². The lowest BCUT2D eigenvalue weighted by atomic mass is 10.2. The first-order chi connectivity index (χ1) is 12.6. The van der Waals surface area contributed by atoms with E-state index in [1.54, 1.807) is 30.5 Å². The molecule has 6 nitrogen and oxygen atoms in total. The minimum atomic E-state index is -0.512. The van der Waals surface area contributed by atoms with Crippen molar-refractivity contribution >= 4 is 45.2 Å². The normalized spacial score (nSPS) is 11.1. The number of pyridine rings is 1. The van der Waals surface area contributed by atoms with E-state index >= 15 is 0 Å². The average Bonchev–Trinajstić information content (AvgIpc) is 2.94. The minimum Gasteiger partial charge on any atom is -0.408 e. The number of carbonyl (C=O) groups is 1. The number of hydrogen-bond donors (Lipinski definition) is 1. The summed E-state index contributed by atoms with van der Waals surface area (Å²) in [6, 6.07) is 14.3. The fraction of sp³-hybridized carbons (Fsp3) is 0.105. The van der Waals surface area contributed by atoms with Gasteiger partial charge in [0.25, 0.3) is 0 Å². The van der Waals surface area contributed by atoms with E-state index < -0.39 is 5.76 Å². The SMILES string of the molecule is O=C(CCn1c(=O)oc2cc(Cl)ccc21)Nc1cccc2cccnc12. The summed E-state index contributed by atoms with van der Waals surface area (Å²) in [6.07, 6.45) is 1.81. The van der Waals surface area contributed by atoms with Gasteiger partial charge in [-0.05, 0) is 24.3 Å². The van der Waals surface area contributed by atoms with E-state index in [-0.39, 0.29) is 18.9 Å². The number of amides is 1. The quantitative estimate of drug-likeness (QED) is 0.594. The molecule has 0 bridgehead atoms. The number of aryl methyl sites for hydroxylation is 1. The summed E-state index contributed by atoms with van der Waals surface area (Å²) in [7, 11) is 0. The lowest BCUT2D eigenvalue weighted by Gasteiger charge is -2.08. The lowest BCUT2D eigenvalue weighted by Crippen LogP contribution is -2.20. The summed E-state index contributed by atoms with van der Waals surface area (Å²) in [5, 5.41) is 4.28. The van der Waals surface area contributed by atoms with Crippen LogP contribution in [-0.4, -0.2) is 15.5 Å². The van der Waals surface area contributed by atoms with Crippen molar-refractivity contribution < 1.29 is 9.21 Å². The number of fused-ring (bicyclic) bond motifs is 2. The zero-order valence-corrected chi connectivity index (χ0v) is 14.4. The van der Waals surface area contributed by atoms with Crippen LogP contribution in [0.25, 0.3) is 22.0 Å². The van der Waals surface area contributed by atoms with Crippen LogP contribution in [0.1, 0.15) is 6.42 Å². The number of anilines is 1. The molecule has 0 saturated carbocycles. The van der Waals surface area contributed by atoms with Gasteiger partial charge in [-0.3, -0.25) is 14.3 Å². The van der Waals surface area contributed by atoms with Crippen molar-refractivity contribution in [2.24, 2.45) is 0 Å². The third-order valence-corrected chi connectivity index (χ3v) is 4.33. The molecule has 2 aromatic heterocycles. The van der Waals surface area contributed by atoms with Crippen LogP contribution in [0.2, 0.25) is 5.02 Å². The first kappa shape index (κ1) is 16.4. The molecule has 1 amide bonds. The predicted molar refractivity (Wildman–Crippen MR) is 100 cm³/mol. The van der Waals surface area contributed by atoms with Crippen molar-refractivity contribution in [1.82, 2.24) is 9.55 Å². The number of rotatable bonds is 4. The molecule has 0 unspecified atom stereocenters. The Balaban J connectivity index is 1.53. The molecule has 0 aliphatic carbocycles. The summed E-state index contributed by atoms with van der Waals surface area (Å²) < 4.78 is 6.59. The van der Waals surface area contributed by atoms with Crippen LogP contribution < -0.4 is 11.1 Å². The van der Waals surface area contributed by atoms with Crippen LogP contribution in [-0.2, 0) is 11.3 Å². The highest BCUT2D eigenvalue weighted by molar-refractivity contribution is 6.31. The minimum absolute atomic E-state index is 0.125. The molecular weight excluding hydrogens is 354 g/mol. The van der Waals surface area contributed by atoms with E-state index in [4.69, 9.17) is 16.0 Å². The molecule has 1 N–H and O–H groups in total. The summed E-state index contributed by atoms with van der Waals surface area (Å²) in [5.74, 6) is -0.722. The van der Waals surface area contributed by atoms with Gasteiger partial charge in [0.05, 0.1) is 16.7 Å². The summed E-state index contributed by atoms with van der Waals surface area (Å²) >= 11 is 5.90. The van der Waals surface area contributed by atoms with Gasteiger partial charge in [-0.15, -0.1) is 0 Å². The molecule has 130 valence electrons. The van der Waals surface area contributed by atoms with E-state index in [1.165, 1.54) is 4.57 Å². The monoisotopic (exact) mass is 367 g/mol. The molecule has 0 radical (unpaired) electrons. The standard InChI is InChI=1S/C19H14ClN3O3/c20-13-6-7-15-16(11-13)26-19(25)23(15)10-8-17(24)22-14-5-1-3-12-4-2-9-21-18(12)14/h1-7,9,11H,8,10H2,(H,22,24). The van der Waals surface area contributed by atoms with Crippen LogP contribution in [0.4, 0.5) is 5.69 Å². The van der Waals surface area contributed by atoms with Crippen molar-refractivity contribution in [2.45, 2.75) is 13.0 Å². The average molecular weight is 368 g/mol. The lowest BCUT2D eigenvalue weighted by molar-refractivity contribution is -0.116. The Hall–Kier alpha value is -3.12. The molecule has 0 fully saturated rings. The van der Waals surface area contributed by atoms with Crippen LogP contribution >= 0.6 is 11.6 Å². The van der Waals surface area contributed by atoms with Gasteiger partial charge in [0.2, 0.25) is 5.91 Å². The Labute approximate surface area is 153 Å². The van der Waals surface area contributed by atoms with Gasteiger partial charge >= 0.3 is 5.76 Å². The molecule has 2 aromatic carbocycles. The molecule has 7 heteroatoms. The van der Waals surface area contributed by atoms with Crippen molar-refractivity contribution in [3.63, 3.8) is 0 Å². The number of aromatic nitrogens is 2. The number of hydrogen-bond acceptors (Lipinski definition) is 4. The first-order valence-electron chi connectivity index (χ1n) is 8.04. The Morgan fingerprint density at radius 3 is 2.92 bits per heavy atom. The van der Waals surface area contributed by atoms with Gasteiger partial charge in [0, 0.05) is 35.6 Å². The Kier molecular flexibility index (Phi) is 4.18. The molecule has 4 rings (SSSR count). The van der Waals surface area contributed by atoms with Gasteiger partial charge in [0.15, 0.2) is 5.58 Å². The number of nitrogens with zero attached hydrogens (tertiary/aromatic N) is 2. The van der Waals surface area contributed by atoms with Crippen molar-refractivity contribution in [2.75, 3.05) is 5.32 Å². The first-order valence-corrected chi connectivity index (χ1v) is 8.42. The van der Waals surface area contributed by atoms with E-state index in [2.05, 4.69) is 10.3 Å². The summed E-state index contributed by atoms with van der Waals surface area (Å²) in [4.78, 5) is 28.7. The third kappa shape index (κ3) is 3.07. The fourth-order valence-electron chi connectivity index (χ4n) is 2.88. The topological polar surface area (TPSA) is 77.1 Å². The second-order valence-corrected chi connectivity index (χ2v) is 6.25. The molecule has 0 aliphatic heterocycles. The van der Waals surface area contributed by atoms with Crippen molar-refractivity contribution in [3.05, 3.63) is 70.3 Å². The highest BCUT2D eigenvalue weighted by Crippen LogP contribution is 2.21. The smallest absolute Gasteiger partial charge is 0.408 e. The van der Waals surface area contributed by atoms with Crippen LogP contribution in [0.3, 0.4) is 0 Å². The number of nitrogens with one attached hydrogen (secondary N) is 1. The zero-order chi connectivity index (χ0) is 18.1. The maximum atomic E-state index is 12.3. The maximum absolute atomic E-state index is 12.3. The second kappa shape index (κ2) is 6.65. The molecule has 0 aliphatic rings. The Bertz CT molecular complexity index is 1170. The molecule has 0 spiro atoms. The largest absolute Gasteiger partial charge is 0.419 e. The molecular formula is C19H14ClN3O3. The third-order valence-electron chi connectivity index (χ3n) is 4.10. The molecule has 0 saturated heterocycles. The van der Waals surface area contributed by atoms with Gasteiger partial charge in [-0.2, -0.15) is 0 Å².